The van der Waals surface area contributed by atoms with Gasteiger partial charge in [0.25, 0.3) is 0 Å². The number of rotatable bonds is 2. The summed E-state index contributed by atoms with van der Waals surface area (Å²) >= 11 is 0. The first-order chi connectivity index (χ1) is 7.00. The number of halogens is 1. The lowest BCUT2D eigenvalue weighted by molar-refractivity contribution is 0.415. The minimum Gasteiger partial charge on any atom is -0.497 e. The van der Waals surface area contributed by atoms with Crippen LogP contribution in [0.4, 0.5) is 3.89 Å². The molecule has 0 aliphatic heterocycles. The molecule has 1 aromatic heterocycles. The van der Waals surface area contributed by atoms with Crippen molar-refractivity contribution in [2.45, 2.75) is 5.03 Å². The fourth-order valence-electron chi connectivity index (χ4n) is 1.34. The van der Waals surface area contributed by atoms with Gasteiger partial charge in [0.05, 0.1) is 12.6 Å². The highest BCUT2D eigenvalue weighted by Crippen LogP contribution is 2.23. The number of aromatic amines is 1. The number of aromatic nitrogens is 1. The third-order valence-electron chi connectivity index (χ3n) is 2.07. The van der Waals surface area contributed by atoms with Gasteiger partial charge in [-0.2, -0.15) is 8.42 Å². The zero-order valence-corrected chi connectivity index (χ0v) is 8.64. The minimum atomic E-state index is -4.68. The van der Waals surface area contributed by atoms with Gasteiger partial charge in [-0.3, -0.25) is 0 Å². The fraction of sp³-hybridized carbons (Fsp3) is 0.111. The van der Waals surface area contributed by atoms with Crippen molar-refractivity contribution in [1.82, 2.24) is 4.98 Å². The Labute approximate surface area is 85.9 Å². The molecule has 2 aromatic rings. The summed E-state index contributed by atoms with van der Waals surface area (Å²) in [5.74, 6) is 0.576. The third-order valence-corrected chi connectivity index (χ3v) is 2.81. The molecule has 0 aliphatic carbocycles. The molecule has 0 aliphatic rings. The van der Waals surface area contributed by atoms with E-state index in [0.717, 1.165) is 0 Å². The van der Waals surface area contributed by atoms with Crippen LogP contribution in [0.3, 0.4) is 0 Å². The fourth-order valence-corrected chi connectivity index (χ4v) is 1.84. The molecule has 0 fully saturated rings. The molecule has 0 saturated carbocycles. The Morgan fingerprint density at radius 1 is 1.33 bits per heavy atom. The van der Waals surface area contributed by atoms with Crippen molar-refractivity contribution in [2.75, 3.05) is 7.11 Å². The molecular formula is C9H8FNO3S. The SMILES string of the molecule is COc1ccc2cc(S(=O)(=O)F)[nH]c2c1. The molecule has 15 heavy (non-hydrogen) atoms. The van der Waals surface area contributed by atoms with Gasteiger partial charge in [-0.1, -0.05) is 3.89 Å². The number of methoxy groups -OCH3 is 1. The molecule has 0 bridgehead atoms. The number of ether oxygens (including phenoxy) is 1. The van der Waals surface area contributed by atoms with Crippen molar-refractivity contribution in [3.63, 3.8) is 0 Å². The molecule has 1 heterocycles. The van der Waals surface area contributed by atoms with Gasteiger partial charge in [0.2, 0.25) is 0 Å². The van der Waals surface area contributed by atoms with Gasteiger partial charge in [0, 0.05) is 11.5 Å². The average Bonchev–Trinajstić information content (AvgIpc) is 2.59. The second kappa shape index (κ2) is 3.23. The van der Waals surface area contributed by atoms with Crippen LogP contribution < -0.4 is 4.74 Å². The van der Waals surface area contributed by atoms with Crippen LogP contribution in [0.15, 0.2) is 29.3 Å². The van der Waals surface area contributed by atoms with Crippen LogP contribution >= 0.6 is 0 Å². The normalized spacial score (nSPS) is 11.9. The van der Waals surface area contributed by atoms with E-state index in [0.29, 0.717) is 16.7 Å². The second-order valence-corrected chi connectivity index (χ2v) is 4.34. The lowest BCUT2D eigenvalue weighted by atomic mass is 10.2. The zero-order chi connectivity index (χ0) is 11.1. The highest BCUT2D eigenvalue weighted by Gasteiger charge is 2.15. The lowest BCUT2D eigenvalue weighted by Crippen LogP contribution is -1.90. The Bertz CT molecular complexity index is 603. The summed E-state index contributed by atoms with van der Waals surface area (Å²) < 4.78 is 38.9. The van der Waals surface area contributed by atoms with Crippen LogP contribution in [0.1, 0.15) is 0 Å². The van der Waals surface area contributed by atoms with Gasteiger partial charge in [-0.05, 0) is 18.2 Å². The van der Waals surface area contributed by atoms with E-state index >= 15 is 0 Å². The van der Waals surface area contributed by atoms with E-state index in [2.05, 4.69) is 4.98 Å². The van der Waals surface area contributed by atoms with Crippen molar-refractivity contribution < 1.29 is 17.0 Å². The van der Waals surface area contributed by atoms with Gasteiger partial charge >= 0.3 is 10.2 Å². The maximum Gasteiger partial charge on any atom is 0.347 e. The molecule has 0 spiro atoms. The lowest BCUT2D eigenvalue weighted by Gasteiger charge is -1.97. The first-order valence-corrected chi connectivity index (χ1v) is 5.50. The standard InChI is InChI=1S/C9H8FNO3S/c1-14-7-3-2-6-4-9(15(10,12)13)11-8(6)5-7/h2-5,11H,1H3. The van der Waals surface area contributed by atoms with Crippen molar-refractivity contribution in [2.24, 2.45) is 0 Å². The number of H-pyrrole nitrogens is 1. The number of nitrogens with one attached hydrogen (secondary N) is 1. The highest BCUT2D eigenvalue weighted by molar-refractivity contribution is 7.86. The van der Waals surface area contributed by atoms with Crippen molar-refractivity contribution in [3.05, 3.63) is 24.3 Å². The Kier molecular flexibility index (Phi) is 2.15. The van der Waals surface area contributed by atoms with E-state index in [1.165, 1.54) is 13.2 Å². The topological polar surface area (TPSA) is 59.2 Å². The first-order valence-electron chi connectivity index (χ1n) is 4.12. The molecule has 1 N–H and O–H groups in total. The molecule has 4 nitrogen and oxygen atoms in total. The molecule has 6 heteroatoms. The van der Waals surface area contributed by atoms with Gasteiger partial charge in [0.15, 0.2) is 5.03 Å². The van der Waals surface area contributed by atoms with E-state index in [1.54, 1.807) is 18.2 Å². The molecule has 0 atom stereocenters. The summed E-state index contributed by atoms with van der Waals surface area (Å²) in [5.41, 5.74) is 0.519. The number of hydrogen-bond acceptors (Lipinski definition) is 3. The smallest absolute Gasteiger partial charge is 0.347 e. The summed E-state index contributed by atoms with van der Waals surface area (Å²) in [4.78, 5) is 2.47. The Hall–Kier alpha value is -1.56. The second-order valence-electron chi connectivity index (χ2n) is 3.02. The van der Waals surface area contributed by atoms with Crippen LogP contribution in [0.2, 0.25) is 0 Å². The predicted octanol–water partition coefficient (Wildman–Crippen LogP) is 1.83. The third kappa shape index (κ3) is 1.80. The largest absolute Gasteiger partial charge is 0.497 e. The number of fused-ring (bicyclic) bond motifs is 1. The van der Waals surface area contributed by atoms with Crippen LogP contribution in [0, 0.1) is 0 Å². The molecule has 80 valence electrons. The predicted molar refractivity (Wildman–Crippen MR) is 53.1 cm³/mol. The van der Waals surface area contributed by atoms with Crippen molar-refractivity contribution in [1.29, 1.82) is 0 Å². The molecule has 0 unspecified atom stereocenters. The minimum absolute atomic E-state index is 0.439. The molecule has 2 rings (SSSR count). The molecular weight excluding hydrogens is 221 g/mol. The van der Waals surface area contributed by atoms with Crippen molar-refractivity contribution >= 4 is 21.1 Å². The summed E-state index contributed by atoms with van der Waals surface area (Å²) in [5, 5.41) is 0.178. The Balaban J connectivity index is 2.66. The van der Waals surface area contributed by atoms with E-state index < -0.39 is 15.2 Å². The quantitative estimate of drug-likeness (QED) is 0.799. The summed E-state index contributed by atoms with van der Waals surface area (Å²) in [6.45, 7) is 0. The van der Waals surface area contributed by atoms with E-state index in [9.17, 15) is 12.3 Å². The molecule has 0 saturated heterocycles. The maximum atomic E-state index is 12.7. The molecule has 1 aromatic carbocycles. The van der Waals surface area contributed by atoms with E-state index in [1.807, 2.05) is 0 Å². The first kappa shape index (κ1) is 9.97. The monoisotopic (exact) mass is 229 g/mol. The van der Waals surface area contributed by atoms with Gasteiger partial charge in [0.1, 0.15) is 5.75 Å². The van der Waals surface area contributed by atoms with E-state index in [4.69, 9.17) is 4.74 Å². The van der Waals surface area contributed by atoms with E-state index in [-0.39, 0.29) is 0 Å². The zero-order valence-electron chi connectivity index (χ0n) is 7.82. The molecule has 0 radical (unpaired) electrons. The number of benzene rings is 1. The molecule has 0 amide bonds. The number of hydrogen-bond donors (Lipinski definition) is 1. The van der Waals surface area contributed by atoms with Crippen LogP contribution in [0.5, 0.6) is 5.75 Å². The highest BCUT2D eigenvalue weighted by atomic mass is 32.3. The van der Waals surface area contributed by atoms with Gasteiger partial charge in [-0.25, -0.2) is 0 Å². The maximum absolute atomic E-state index is 12.7. The Morgan fingerprint density at radius 3 is 2.67 bits per heavy atom. The van der Waals surface area contributed by atoms with Crippen LogP contribution in [-0.2, 0) is 10.2 Å². The van der Waals surface area contributed by atoms with Gasteiger partial charge in [-0.15, -0.1) is 0 Å². The van der Waals surface area contributed by atoms with Crippen LogP contribution in [0.25, 0.3) is 10.9 Å². The summed E-state index contributed by atoms with van der Waals surface area (Å²) in [6.07, 6.45) is 0. The van der Waals surface area contributed by atoms with Gasteiger partial charge < -0.3 is 9.72 Å². The van der Waals surface area contributed by atoms with Crippen molar-refractivity contribution in [3.8, 4) is 5.75 Å². The summed E-state index contributed by atoms with van der Waals surface area (Å²) in [6, 6.07) is 6.16. The Morgan fingerprint density at radius 2 is 2.07 bits per heavy atom. The summed E-state index contributed by atoms with van der Waals surface area (Å²) in [7, 11) is -3.18. The van der Waals surface area contributed by atoms with Crippen LogP contribution in [-0.4, -0.2) is 20.5 Å². The average molecular weight is 229 g/mol.